The molecule has 18 heavy (non-hydrogen) atoms. The molecule has 0 aliphatic carbocycles. The van der Waals surface area contributed by atoms with E-state index in [4.69, 9.17) is 4.74 Å². The molecule has 0 fully saturated rings. The lowest BCUT2D eigenvalue weighted by Gasteiger charge is -2.13. The van der Waals surface area contributed by atoms with Crippen LogP contribution in [0.5, 0.6) is 0 Å². The lowest BCUT2D eigenvalue weighted by Crippen LogP contribution is -2.23. The Hall–Kier alpha value is -1.83. The van der Waals surface area contributed by atoms with Gasteiger partial charge in [0.25, 0.3) is 5.91 Å². The Kier molecular flexibility index (Phi) is 6.55. The number of amides is 1. The van der Waals surface area contributed by atoms with E-state index < -0.39 is 0 Å². The number of benzene rings is 1. The molecule has 1 rings (SSSR count). The van der Waals surface area contributed by atoms with Crippen LogP contribution in [0.25, 0.3) is 0 Å². The van der Waals surface area contributed by atoms with Crippen molar-refractivity contribution in [2.45, 2.75) is 19.4 Å². The molecule has 0 bridgehead atoms. The number of carbonyl (C=O) groups is 1. The monoisotopic (exact) mass is 245 g/mol. The lowest BCUT2D eigenvalue weighted by molar-refractivity contribution is -0.116. The Morgan fingerprint density at radius 2 is 2.22 bits per heavy atom. The third kappa shape index (κ3) is 5.48. The minimum atomic E-state index is -0.166. The smallest absolute Gasteiger partial charge is 0.251 e. The third-order valence-electron chi connectivity index (χ3n) is 2.49. The summed E-state index contributed by atoms with van der Waals surface area (Å²) >= 11 is 0. The van der Waals surface area contributed by atoms with E-state index in [1.165, 1.54) is 6.08 Å². The summed E-state index contributed by atoms with van der Waals surface area (Å²) in [4.78, 5) is 11.1. The van der Waals surface area contributed by atoms with Crippen molar-refractivity contribution in [1.82, 2.24) is 5.32 Å². The molecule has 3 heteroatoms. The first-order valence-electron chi connectivity index (χ1n) is 6.04. The Labute approximate surface area is 108 Å². The average Bonchev–Trinajstić information content (AvgIpc) is 2.39. The standard InChI is InChI=1S/C15H19NO2/c1-3-8-15(17)16-11-7-12-18-13(2)14-9-5-4-6-10-14/h4-6,8-10,13H,1,7,11-12H2,2H3,(H,16,17). The Bertz CT molecular complexity index is 408. The first-order chi connectivity index (χ1) is 8.74. The van der Waals surface area contributed by atoms with Gasteiger partial charge in [-0.25, -0.2) is 0 Å². The van der Waals surface area contributed by atoms with E-state index in [0.29, 0.717) is 13.2 Å². The van der Waals surface area contributed by atoms with Crippen LogP contribution in [0, 0.1) is 0 Å². The van der Waals surface area contributed by atoms with E-state index in [0.717, 1.165) is 12.0 Å². The van der Waals surface area contributed by atoms with Crippen molar-refractivity contribution in [3.8, 4) is 0 Å². The van der Waals surface area contributed by atoms with Crippen molar-refractivity contribution in [3.05, 3.63) is 54.3 Å². The summed E-state index contributed by atoms with van der Waals surface area (Å²) in [6.07, 6.45) is 2.15. The van der Waals surface area contributed by atoms with Crippen LogP contribution in [-0.4, -0.2) is 19.1 Å². The lowest BCUT2D eigenvalue weighted by atomic mass is 10.1. The fourth-order valence-corrected chi connectivity index (χ4v) is 1.51. The molecule has 0 saturated carbocycles. The maximum absolute atomic E-state index is 11.1. The minimum Gasteiger partial charge on any atom is -0.374 e. The van der Waals surface area contributed by atoms with Gasteiger partial charge in [0.1, 0.15) is 0 Å². The van der Waals surface area contributed by atoms with E-state index >= 15 is 0 Å². The molecule has 0 heterocycles. The van der Waals surface area contributed by atoms with Crippen LogP contribution in [0.2, 0.25) is 0 Å². The molecule has 0 saturated heterocycles. The summed E-state index contributed by atoms with van der Waals surface area (Å²) in [7, 11) is 0. The van der Waals surface area contributed by atoms with Gasteiger partial charge >= 0.3 is 0 Å². The van der Waals surface area contributed by atoms with Gasteiger partial charge in [-0.1, -0.05) is 36.9 Å². The fraction of sp³-hybridized carbons (Fsp3) is 0.333. The average molecular weight is 245 g/mol. The SMILES string of the molecule is C=C=CC(=O)NCCCOC(C)c1ccccc1. The second-order valence-electron chi connectivity index (χ2n) is 3.92. The third-order valence-corrected chi connectivity index (χ3v) is 2.49. The molecule has 1 aromatic carbocycles. The van der Waals surface area contributed by atoms with Crippen LogP contribution >= 0.6 is 0 Å². The Morgan fingerprint density at radius 3 is 2.89 bits per heavy atom. The van der Waals surface area contributed by atoms with E-state index in [-0.39, 0.29) is 12.0 Å². The van der Waals surface area contributed by atoms with Gasteiger partial charge in [-0.2, -0.15) is 0 Å². The summed E-state index contributed by atoms with van der Waals surface area (Å²) in [6, 6.07) is 10.1. The highest BCUT2D eigenvalue weighted by molar-refractivity contribution is 5.87. The summed E-state index contributed by atoms with van der Waals surface area (Å²) in [5, 5.41) is 2.72. The van der Waals surface area contributed by atoms with E-state index in [1.54, 1.807) is 0 Å². The molecular weight excluding hydrogens is 226 g/mol. The zero-order valence-electron chi connectivity index (χ0n) is 10.7. The van der Waals surface area contributed by atoms with Crippen LogP contribution in [0.15, 0.2) is 48.7 Å². The first kappa shape index (κ1) is 14.2. The highest BCUT2D eigenvalue weighted by Crippen LogP contribution is 2.15. The van der Waals surface area contributed by atoms with Crippen LogP contribution in [-0.2, 0) is 9.53 Å². The fourth-order valence-electron chi connectivity index (χ4n) is 1.51. The van der Waals surface area contributed by atoms with Gasteiger partial charge in [-0.3, -0.25) is 4.79 Å². The molecule has 1 amide bonds. The minimum absolute atomic E-state index is 0.0787. The van der Waals surface area contributed by atoms with Crippen molar-refractivity contribution in [1.29, 1.82) is 0 Å². The number of nitrogens with one attached hydrogen (secondary N) is 1. The van der Waals surface area contributed by atoms with Crippen LogP contribution in [0.4, 0.5) is 0 Å². The van der Waals surface area contributed by atoms with E-state index in [1.807, 2.05) is 37.3 Å². The van der Waals surface area contributed by atoms with Gasteiger partial charge in [0.2, 0.25) is 0 Å². The van der Waals surface area contributed by atoms with Gasteiger partial charge < -0.3 is 10.1 Å². The number of ether oxygens (including phenoxy) is 1. The molecule has 3 nitrogen and oxygen atoms in total. The quantitative estimate of drug-likeness (QED) is 0.455. The van der Waals surface area contributed by atoms with Crippen molar-refractivity contribution >= 4 is 5.91 Å². The molecular formula is C15H19NO2. The van der Waals surface area contributed by atoms with E-state index in [2.05, 4.69) is 17.6 Å². The molecule has 0 aliphatic rings. The zero-order chi connectivity index (χ0) is 13.2. The van der Waals surface area contributed by atoms with Crippen molar-refractivity contribution in [3.63, 3.8) is 0 Å². The molecule has 1 N–H and O–H groups in total. The van der Waals surface area contributed by atoms with Crippen LogP contribution in [0.3, 0.4) is 0 Å². The van der Waals surface area contributed by atoms with Gasteiger partial charge in [0.15, 0.2) is 0 Å². The maximum Gasteiger partial charge on any atom is 0.251 e. The Morgan fingerprint density at radius 1 is 1.50 bits per heavy atom. The van der Waals surface area contributed by atoms with Gasteiger partial charge in [0, 0.05) is 19.2 Å². The number of hydrogen-bond acceptors (Lipinski definition) is 2. The molecule has 1 atom stereocenters. The molecule has 0 spiro atoms. The second kappa shape index (κ2) is 8.29. The normalized spacial score (nSPS) is 11.4. The van der Waals surface area contributed by atoms with Crippen molar-refractivity contribution in [2.75, 3.05) is 13.2 Å². The predicted octanol–water partition coefficient (Wildman–Crippen LogP) is 2.61. The van der Waals surface area contributed by atoms with Gasteiger partial charge in [-0.15, -0.1) is 5.73 Å². The highest BCUT2D eigenvalue weighted by atomic mass is 16.5. The summed E-state index contributed by atoms with van der Waals surface area (Å²) < 4.78 is 5.68. The molecule has 96 valence electrons. The summed E-state index contributed by atoms with van der Waals surface area (Å²) in [5.74, 6) is -0.166. The molecule has 1 aromatic rings. The highest BCUT2D eigenvalue weighted by Gasteiger charge is 2.04. The molecule has 0 aromatic heterocycles. The van der Waals surface area contributed by atoms with Crippen LogP contribution in [0.1, 0.15) is 25.0 Å². The largest absolute Gasteiger partial charge is 0.374 e. The Balaban J connectivity index is 2.15. The molecule has 0 radical (unpaired) electrons. The summed E-state index contributed by atoms with van der Waals surface area (Å²) in [6.45, 7) is 6.57. The first-order valence-corrected chi connectivity index (χ1v) is 6.04. The van der Waals surface area contributed by atoms with Gasteiger partial charge in [0.05, 0.1) is 6.10 Å². The molecule has 0 aliphatic heterocycles. The second-order valence-corrected chi connectivity index (χ2v) is 3.92. The predicted molar refractivity (Wildman–Crippen MR) is 72.1 cm³/mol. The number of rotatable bonds is 7. The van der Waals surface area contributed by atoms with Crippen molar-refractivity contribution < 1.29 is 9.53 Å². The van der Waals surface area contributed by atoms with Crippen molar-refractivity contribution in [2.24, 2.45) is 0 Å². The summed E-state index contributed by atoms with van der Waals surface area (Å²) in [5.41, 5.74) is 3.59. The van der Waals surface area contributed by atoms with Gasteiger partial charge in [-0.05, 0) is 18.9 Å². The maximum atomic E-state index is 11.1. The zero-order valence-corrected chi connectivity index (χ0v) is 10.7. The topological polar surface area (TPSA) is 38.3 Å². The number of hydrogen-bond donors (Lipinski definition) is 1. The molecule has 1 unspecified atom stereocenters. The number of carbonyl (C=O) groups excluding carboxylic acids is 1. The van der Waals surface area contributed by atoms with E-state index in [9.17, 15) is 4.79 Å². The van der Waals surface area contributed by atoms with Crippen LogP contribution < -0.4 is 5.32 Å².